The first-order valence-electron chi connectivity index (χ1n) is 6.76. The largest absolute Gasteiger partial charge is 0.389 e. The second-order valence-electron chi connectivity index (χ2n) is 5.14. The number of hydrogen-bond acceptors (Lipinski definition) is 2. The lowest BCUT2D eigenvalue weighted by atomic mass is 10.0. The number of nitrogens with zero attached hydrogens (tertiary/aromatic N) is 2. The van der Waals surface area contributed by atoms with Crippen LogP contribution in [0, 0.1) is 5.82 Å². The van der Waals surface area contributed by atoms with Crippen molar-refractivity contribution in [2.75, 3.05) is 0 Å². The maximum absolute atomic E-state index is 13.9. The van der Waals surface area contributed by atoms with Gasteiger partial charge in [0, 0.05) is 16.8 Å². The molecule has 5 heteroatoms. The molecule has 104 valence electrons. The van der Waals surface area contributed by atoms with E-state index in [1.54, 1.807) is 12.1 Å². The maximum atomic E-state index is 13.9. The van der Waals surface area contributed by atoms with Crippen LogP contribution in [0.4, 0.5) is 4.39 Å². The van der Waals surface area contributed by atoms with Crippen LogP contribution in [0.25, 0.3) is 0 Å². The summed E-state index contributed by atoms with van der Waals surface area (Å²) < 4.78 is 16.0. The predicted octanol–water partition coefficient (Wildman–Crippen LogP) is 2.58. The third-order valence-electron chi connectivity index (χ3n) is 3.78. The van der Waals surface area contributed by atoms with Gasteiger partial charge in [-0.25, -0.2) is 9.37 Å². The molecule has 1 aromatic carbocycles. The lowest BCUT2D eigenvalue weighted by Gasteiger charge is -2.14. The number of imidazole rings is 1. The number of aryl methyl sites for hydroxylation is 1. The zero-order chi connectivity index (χ0) is 14.1. The highest BCUT2D eigenvalue weighted by atomic mass is 32.1. The van der Waals surface area contributed by atoms with Crippen molar-refractivity contribution in [3.63, 3.8) is 0 Å². The van der Waals surface area contributed by atoms with Crippen molar-refractivity contribution < 1.29 is 4.39 Å². The van der Waals surface area contributed by atoms with E-state index in [1.165, 1.54) is 24.6 Å². The molecule has 1 aromatic heterocycles. The highest BCUT2D eigenvalue weighted by Gasteiger charge is 2.16. The zero-order valence-electron chi connectivity index (χ0n) is 11.1. The van der Waals surface area contributed by atoms with E-state index in [1.807, 2.05) is 10.9 Å². The summed E-state index contributed by atoms with van der Waals surface area (Å²) in [4.78, 5) is 4.72. The first kappa shape index (κ1) is 13.2. The quantitative estimate of drug-likeness (QED) is 0.883. The van der Waals surface area contributed by atoms with Crippen molar-refractivity contribution in [3.05, 3.63) is 52.9 Å². The molecule has 0 saturated heterocycles. The van der Waals surface area contributed by atoms with Crippen LogP contribution >= 0.6 is 12.2 Å². The van der Waals surface area contributed by atoms with Crippen molar-refractivity contribution in [1.29, 1.82) is 0 Å². The molecular weight excluding hydrogens is 273 g/mol. The summed E-state index contributed by atoms with van der Waals surface area (Å²) in [5, 5.41) is 0. The fourth-order valence-corrected chi connectivity index (χ4v) is 2.83. The minimum absolute atomic E-state index is 0.233. The van der Waals surface area contributed by atoms with Crippen LogP contribution < -0.4 is 5.73 Å². The molecule has 0 amide bonds. The van der Waals surface area contributed by atoms with Crippen molar-refractivity contribution in [2.45, 2.75) is 32.2 Å². The fraction of sp³-hybridized carbons (Fsp3) is 0.333. The first-order chi connectivity index (χ1) is 9.65. The summed E-state index contributed by atoms with van der Waals surface area (Å²) in [5.41, 5.74) is 9.29. The zero-order valence-corrected chi connectivity index (χ0v) is 11.9. The van der Waals surface area contributed by atoms with Gasteiger partial charge in [0.05, 0.1) is 18.6 Å². The molecule has 0 spiro atoms. The van der Waals surface area contributed by atoms with Gasteiger partial charge >= 0.3 is 0 Å². The molecule has 3 rings (SSSR count). The average Bonchev–Trinajstić information content (AvgIpc) is 2.84. The molecular formula is C15H16FN3S. The van der Waals surface area contributed by atoms with E-state index >= 15 is 0 Å². The molecule has 1 aliphatic carbocycles. The van der Waals surface area contributed by atoms with Gasteiger partial charge in [-0.1, -0.05) is 12.2 Å². The van der Waals surface area contributed by atoms with Crippen molar-refractivity contribution in [3.8, 4) is 0 Å². The Labute approximate surface area is 122 Å². The lowest BCUT2D eigenvalue weighted by molar-refractivity contribution is 0.585. The molecule has 1 aliphatic rings. The van der Waals surface area contributed by atoms with Crippen molar-refractivity contribution >= 4 is 17.2 Å². The third-order valence-corrected chi connectivity index (χ3v) is 4.02. The Kier molecular flexibility index (Phi) is 3.53. The van der Waals surface area contributed by atoms with Crippen LogP contribution in [0.3, 0.4) is 0 Å². The smallest absolute Gasteiger partial charge is 0.128 e. The van der Waals surface area contributed by atoms with Crippen LogP contribution in [0.15, 0.2) is 24.5 Å². The third kappa shape index (κ3) is 2.45. The van der Waals surface area contributed by atoms with E-state index < -0.39 is 0 Å². The highest BCUT2D eigenvalue weighted by Crippen LogP contribution is 2.21. The predicted molar refractivity (Wildman–Crippen MR) is 80.3 cm³/mol. The summed E-state index contributed by atoms with van der Waals surface area (Å²) in [7, 11) is 0. The Balaban J connectivity index is 1.93. The monoisotopic (exact) mass is 289 g/mol. The number of aromatic nitrogens is 2. The van der Waals surface area contributed by atoms with Crippen LogP contribution in [-0.4, -0.2) is 14.5 Å². The number of nitrogens with two attached hydrogens (primary N) is 1. The summed E-state index contributed by atoms with van der Waals surface area (Å²) in [5.74, 6) is -0.233. The Bertz CT molecular complexity index is 663. The van der Waals surface area contributed by atoms with Crippen LogP contribution in [0.2, 0.25) is 0 Å². The number of rotatable bonds is 3. The molecule has 3 nitrogen and oxygen atoms in total. The van der Waals surface area contributed by atoms with Crippen molar-refractivity contribution in [1.82, 2.24) is 9.55 Å². The number of fused-ring (bicyclic) bond motifs is 1. The topological polar surface area (TPSA) is 43.8 Å². The number of hydrogen-bond donors (Lipinski definition) is 1. The minimum atomic E-state index is -0.233. The average molecular weight is 289 g/mol. The molecule has 0 unspecified atom stereocenters. The van der Waals surface area contributed by atoms with Gasteiger partial charge in [-0.15, -0.1) is 0 Å². The van der Waals surface area contributed by atoms with E-state index in [2.05, 4.69) is 4.98 Å². The number of thiocarbonyl (C=S) groups is 1. The summed E-state index contributed by atoms with van der Waals surface area (Å²) >= 11 is 4.95. The first-order valence-corrected chi connectivity index (χ1v) is 7.17. The molecule has 0 aliphatic heterocycles. The summed E-state index contributed by atoms with van der Waals surface area (Å²) in [6.07, 6.45) is 6.22. The summed E-state index contributed by atoms with van der Waals surface area (Å²) in [6, 6.07) is 4.77. The van der Waals surface area contributed by atoms with E-state index in [0.29, 0.717) is 22.7 Å². The van der Waals surface area contributed by atoms with Crippen LogP contribution in [-0.2, 0) is 19.4 Å². The molecule has 0 saturated carbocycles. The van der Waals surface area contributed by atoms with E-state index in [9.17, 15) is 4.39 Å². The van der Waals surface area contributed by atoms with E-state index in [-0.39, 0.29) is 5.82 Å². The number of benzene rings is 1. The molecule has 0 bridgehead atoms. The SMILES string of the molecule is NC(=S)c1ccc(F)c(Cn2cnc3c2CCCC3)c1. The normalized spacial score (nSPS) is 14.1. The highest BCUT2D eigenvalue weighted by molar-refractivity contribution is 7.80. The molecule has 1 heterocycles. The van der Waals surface area contributed by atoms with Gasteiger partial charge in [0.15, 0.2) is 0 Å². The molecule has 2 aromatic rings. The Hall–Kier alpha value is -1.75. The Morgan fingerprint density at radius 2 is 2.15 bits per heavy atom. The minimum Gasteiger partial charge on any atom is -0.389 e. The maximum Gasteiger partial charge on any atom is 0.128 e. The van der Waals surface area contributed by atoms with E-state index in [0.717, 1.165) is 18.5 Å². The Morgan fingerprint density at radius 1 is 1.35 bits per heavy atom. The molecule has 0 fully saturated rings. The van der Waals surface area contributed by atoms with Crippen molar-refractivity contribution in [2.24, 2.45) is 5.73 Å². The molecule has 20 heavy (non-hydrogen) atoms. The van der Waals surface area contributed by atoms with Gasteiger partial charge in [0.1, 0.15) is 10.8 Å². The molecule has 0 radical (unpaired) electrons. The van der Waals surface area contributed by atoms with Crippen LogP contribution in [0.5, 0.6) is 0 Å². The van der Waals surface area contributed by atoms with Gasteiger partial charge in [-0.3, -0.25) is 0 Å². The number of halogens is 1. The van der Waals surface area contributed by atoms with Gasteiger partial charge in [0.2, 0.25) is 0 Å². The van der Waals surface area contributed by atoms with Gasteiger partial charge in [-0.05, 0) is 43.9 Å². The van der Waals surface area contributed by atoms with E-state index in [4.69, 9.17) is 18.0 Å². The van der Waals surface area contributed by atoms with Crippen LogP contribution in [0.1, 0.15) is 35.4 Å². The second-order valence-corrected chi connectivity index (χ2v) is 5.58. The summed E-state index contributed by atoms with van der Waals surface area (Å²) in [6.45, 7) is 0.477. The van der Waals surface area contributed by atoms with Gasteiger partial charge in [0.25, 0.3) is 0 Å². The van der Waals surface area contributed by atoms with Gasteiger partial charge < -0.3 is 10.3 Å². The lowest BCUT2D eigenvalue weighted by Crippen LogP contribution is -2.12. The van der Waals surface area contributed by atoms with Gasteiger partial charge in [-0.2, -0.15) is 0 Å². The standard InChI is InChI=1S/C15H16FN3S/c16-12-6-5-10(15(17)20)7-11(12)8-19-9-18-13-3-1-2-4-14(13)19/h5-7,9H,1-4,8H2,(H2,17,20). The Morgan fingerprint density at radius 3 is 2.95 bits per heavy atom. The fourth-order valence-electron chi connectivity index (χ4n) is 2.70. The molecule has 2 N–H and O–H groups in total. The second kappa shape index (κ2) is 5.32. The molecule has 0 atom stereocenters.